The van der Waals surface area contributed by atoms with Gasteiger partial charge in [-0.3, -0.25) is 14.6 Å². The number of methoxy groups -OCH3 is 1. The maximum Gasteiger partial charge on any atom is 0.251 e. The molecule has 3 aromatic rings. The van der Waals surface area contributed by atoms with Crippen molar-refractivity contribution in [3.63, 3.8) is 0 Å². The van der Waals surface area contributed by atoms with Crippen LogP contribution in [-0.2, 0) is 11.3 Å². The van der Waals surface area contributed by atoms with Gasteiger partial charge in [0.05, 0.1) is 30.4 Å². The molecule has 0 spiro atoms. The van der Waals surface area contributed by atoms with Crippen LogP contribution in [0.15, 0.2) is 55.0 Å². The van der Waals surface area contributed by atoms with E-state index in [1.807, 2.05) is 25.1 Å². The van der Waals surface area contributed by atoms with Gasteiger partial charge >= 0.3 is 0 Å². The van der Waals surface area contributed by atoms with Crippen molar-refractivity contribution in [2.24, 2.45) is 5.92 Å². The van der Waals surface area contributed by atoms with E-state index in [1.54, 1.807) is 55.8 Å². The summed E-state index contributed by atoms with van der Waals surface area (Å²) in [4.78, 5) is 37.9. The zero-order chi connectivity index (χ0) is 26.5. The molecule has 2 aromatic heterocycles. The second-order valence-electron chi connectivity index (χ2n) is 9.59. The van der Waals surface area contributed by atoms with Gasteiger partial charge in [0.15, 0.2) is 0 Å². The van der Waals surface area contributed by atoms with Gasteiger partial charge in [0.2, 0.25) is 5.91 Å². The van der Waals surface area contributed by atoms with Crippen molar-refractivity contribution in [2.75, 3.05) is 35.8 Å². The summed E-state index contributed by atoms with van der Waals surface area (Å²) in [7, 11) is 3.35. The Morgan fingerprint density at radius 2 is 1.89 bits per heavy atom. The molecule has 1 atom stereocenters. The summed E-state index contributed by atoms with van der Waals surface area (Å²) in [6.07, 6.45) is 6.08. The minimum Gasteiger partial charge on any atom is -0.495 e. The third-order valence-electron chi connectivity index (χ3n) is 6.56. The van der Waals surface area contributed by atoms with Crippen molar-refractivity contribution in [3.8, 4) is 5.75 Å². The molecule has 194 valence electrons. The van der Waals surface area contributed by atoms with E-state index >= 15 is 0 Å². The molecule has 2 N–H and O–H groups in total. The summed E-state index contributed by atoms with van der Waals surface area (Å²) in [6, 6.07) is 10.7. The van der Waals surface area contributed by atoms with E-state index in [-0.39, 0.29) is 17.9 Å². The average Bonchev–Trinajstić information content (AvgIpc) is 2.91. The topological polar surface area (TPSA) is 99.7 Å². The molecule has 0 bridgehead atoms. The van der Waals surface area contributed by atoms with E-state index in [4.69, 9.17) is 4.74 Å². The number of benzene rings is 1. The first-order valence-electron chi connectivity index (χ1n) is 12.4. The molecule has 0 aliphatic carbocycles. The molecule has 0 radical (unpaired) electrons. The predicted molar refractivity (Wildman–Crippen MR) is 146 cm³/mol. The summed E-state index contributed by atoms with van der Waals surface area (Å²) >= 11 is 0. The molecule has 0 fully saturated rings. The number of aromatic nitrogens is 2. The number of ether oxygens (including phenoxy) is 1. The average molecular weight is 503 g/mol. The molecule has 9 heteroatoms. The summed E-state index contributed by atoms with van der Waals surface area (Å²) in [5.41, 5.74) is 3.88. The Hall–Kier alpha value is -4.14. The molecular formula is C28H34N6O3. The lowest BCUT2D eigenvalue weighted by atomic mass is 10.1. The number of hydrogen-bond acceptors (Lipinski definition) is 7. The monoisotopic (exact) mass is 502 g/mol. The first kappa shape index (κ1) is 25.9. The highest BCUT2D eigenvalue weighted by Gasteiger charge is 2.34. The maximum atomic E-state index is 12.8. The fraction of sp³-hybridized carbons (Fsp3) is 0.357. The highest BCUT2D eigenvalue weighted by Crippen LogP contribution is 2.38. The van der Waals surface area contributed by atoms with Crippen molar-refractivity contribution in [3.05, 3.63) is 66.1 Å². The van der Waals surface area contributed by atoms with Gasteiger partial charge in [0, 0.05) is 44.2 Å². The van der Waals surface area contributed by atoms with Crippen LogP contribution in [0.1, 0.15) is 43.1 Å². The Kier molecular flexibility index (Phi) is 7.91. The Morgan fingerprint density at radius 3 is 2.59 bits per heavy atom. The van der Waals surface area contributed by atoms with Crippen LogP contribution in [0.2, 0.25) is 0 Å². The number of nitrogens with zero attached hydrogens (tertiary/aromatic N) is 4. The lowest BCUT2D eigenvalue weighted by molar-refractivity contribution is -0.119. The lowest BCUT2D eigenvalue weighted by Crippen LogP contribution is -2.51. The van der Waals surface area contributed by atoms with E-state index in [9.17, 15) is 9.59 Å². The number of nitrogens with one attached hydrogen (secondary N) is 2. The van der Waals surface area contributed by atoms with Crippen molar-refractivity contribution in [1.29, 1.82) is 0 Å². The molecule has 0 saturated carbocycles. The van der Waals surface area contributed by atoms with Crippen molar-refractivity contribution in [2.45, 2.75) is 39.8 Å². The van der Waals surface area contributed by atoms with Crippen LogP contribution in [0.4, 0.5) is 22.9 Å². The first-order chi connectivity index (χ1) is 17.8. The molecule has 37 heavy (non-hydrogen) atoms. The highest BCUT2D eigenvalue weighted by molar-refractivity contribution is 6.05. The number of fused-ring (bicyclic) bond motifs is 1. The van der Waals surface area contributed by atoms with E-state index in [1.165, 1.54) is 0 Å². The van der Waals surface area contributed by atoms with E-state index in [0.717, 1.165) is 29.9 Å². The minimum absolute atomic E-state index is 0.0539. The van der Waals surface area contributed by atoms with Crippen LogP contribution in [-0.4, -0.2) is 48.5 Å². The van der Waals surface area contributed by atoms with Gasteiger partial charge < -0.3 is 25.2 Å². The Balaban J connectivity index is 1.54. The number of rotatable bonds is 9. The molecule has 1 aliphatic heterocycles. The number of amides is 2. The van der Waals surface area contributed by atoms with Gasteiger partial charge in [0.25, 0.3) is 5.91 Å². The van der Waals surface area contributed by atoms with Gasteiger partial charge in [-0.1, -0.05) is 13.8 Å². The summed E-state index contributed by atoms with van der Waals surface area (Å²) in [5, 5.41) is 6.23. The SMILES string of the molecule is COc1cc(C(=O)NCc2ccncc2)ccc1Nc1cc2c(cn1)N(C)C(=O)C(C)N2CCC(C)C. The quantitative estimate of drug-likeness (QED) is 0.448. The van der Waals surface area contributed by atoms with Crippen LogP contribution in [0.3, 0.4) is 0 Å². The predicted octanol–water partition coefficient (Wildman–Crippen LogP) is 4.38. The number of anilines is 4. The van der Waals surface area contributed by atoms with Gasteiger partial charge in [-0.25, -0.2) is 4.98 Å². The van der Waals surface area contributed by atoms with Crippen LogP contribution in [0.25, 0.3) is 0 Å². The van der Waals surface area contributed by atoms with Gasteiger partial charge in [0.1, 0.15) is 17.6 Å². The third-order valence-corrected chi connectivity index (χ3v) is 6.56. The number of hydrogen-bond donors (Lipinski definition) is 2. The Bertz CT molecular complexity index is 1260. The van der Waals surface area contributed by atoms with E-state index in [2.05, 4.69) is 39.3 Å². The van der Waals surface area contributed by atoms with Crippen molar-refractivity contribution in [1.82, 2.24) is 15.3 Å². The highest BCUT2D eigenvalue weighted by atomic mass is 16.5. The van der Waals surface area contributed by atoms with Crippen molar-refractivity contribution < 1.29 is 14.3 Å². The minimum atomic E-state index is -0.258. The van der Waals surface area contributed by atoms with Crippen LogP contribution in [0, 0.1) is 5.92 Å². The molecule has 1 aliphatic rings. The van der Waals surface area contributed by atoms with Crippen LogP contribution >= 0.6 is 0 Å². The van der Waals surface area contributed by atoms with Crippen LogP contribution in [0.5, 0.6) is 5.75 Å². The number of likely N-dealkylation sites (N-methyl/N-ethyl adjacent to an activating group) is 1. The number of pyridine rings is 2. The Labute approximate surface area is 217 Å². The zero-order valence-corrected chi connectivity index (χ0v) is 22.0. The molecule has 1 aromatic carbocycles. The first-order valence-corrected chi connectivity index (χ1v) is 12.4. The molecular weight excluding hydrogens is 468 g/mol. The molecule has 2 amide bonds. The fourth-order valence-electron chi connectivity index (χ4n) is 4.31. The lowest BCUT2D eigenvalue weighted by Gasteiger charge is -2.40. The molecule has 9 nitrogen and oxygen atoms in total. The fourth-order valence-corrected chi connectivity index (χ4v) is 4.31. The van der Waals surface area contributed by atoms with Crippen molar-refractivity contribution >= 4 is 34.7 Å². The smallest absolute Gasteiger partial charge is 0.251 e. The zero-order valence-electron chi connectivity index (χ0n) is 22.0. The maximum absolute atomic E-state index is 12.8. The Morgan fingerprint density at radius 1 is 1.14 bits per heavy atom. The molecule has 1 unspecified atom stereocenters. The molecule has 4 rings (SSSR count). The standard InChI is InChI=1S/C28H34N6O3/c1-18(2)10-13-34-19(3)28(36)33(4)24-17-30-26(15-23(24)34)32-22-7-6-21(14-25(22)37-5)27(35)31-16-20-8-11-29-12-9-20/h6-9,11-12,14-15,17-19H,10,13,16H2,1-5H3,(H,30,32)(H,31,35). The van der Waals surface area contributed by atoms with E-state index in [0.29, 0.717) is 35.3 Å². The normalized spacial score (nSPS) is 15.0. The second kappa shape index (κ2) is 11.3. The van der Waals surface area contributed by atoms with E-state index < -0.39 is 0 Å². The second-order valence-corrected chi connectivity index (χ2v) is 9.59. The third kappa shape index (κ3) is 5.82. The van der Waals surface area contributed by atoms with Gasteiger partial charge in [-0.2, -0.15) is 0 Å². The van der Waals surface area contributed by atoms with Gasteiger partial charge in [-0.15, -0.1) is 0 Å². The summed E-state index contributed by atoms with van der Waals surface area (Å²) in [5.74, 6) is 1.52. The molecule has 3 heterocycles. The number of carbonyl (C=O) groups is 2. The largest absolute Gasteiger partial charge is 0.495 e. The van der Waals surface area contributed by atoms with Gasteiger partial charge in [-0.05, 0) is 55.2 Å². The summed E-state index contributed by atoms with van der Waals surface area (Å²) < 4.78 is 5.58. The van der Waals surface area contributed by atoms with Crippen LogP contribution < -0.4 is 25.2 Å². The molecule has 0 saturated heterocycles. The number of carbonyl (C=O) groups excluding carboxylic acids is 2. The summed E-state index contributed by atoms with van der Waals surface area (Å²) in [6.45, 7) is 7.49.